The maximum atomic E-state index is 2.32. The average Bonchev–Trinajstić information content (AvgIpc) is 2.46. The second-order valence-electron chi connectivity index (χ2n) is 3.50. The highest BCUT2D eigenvalue weighted by Crippen LogP contribution is 2.27. The molecule has 0 bridgehead atoms. The van der Waals surface area contributed by atoms with Gasteiger partial charge >= 0.3 is 0 Å². The van der Waals surface area contributed by atoms with Crippen LogP contribution in [0.1, 0.15) is 23.8 Å². The molecule has 0 saturated carbocycles. The molecule has 0 aliphatic heterocycles. The molecule has 0 spiro atoms. The molecule has 0 aliphatic rings. The van der Waals surface area contributed by atoms with Crippen molar-refractivity contribution >= 4 is 21.4 Å². The first-order chi connectivity index (χ1) is 6.29. The molecule has 0 unspecified atom stereocenters. The van der Waals surface area contributed by atoms with Gasteiger partial charge < -0.3 is 0 Å². The summed E-state index contributed by atoms with van der Waals surface area (Å²) in [6.45, 7) is 4.38. The normalized spacial score (nSPS) is 10.9. The smallest absolute Gasteiger partial charge is 0.0348 e. The minimum atomic E-state index is 1.22. The molecule has 0 N–H and O–H groups in total. The zero-order valence-electron chi connectivity index (χ0n) is 8.13. The Morgan fingerprint density at radius 3 is 2.85 bits per heavy atom. The van der Waals surface area contributed by atoms with Crippen molar-refractivity contribution in [3.8, 4) is 0 Å². The number of fused-ring (bicyclic) bond motifs is 1. The first-order valence-corrected chi connectivity index (χ1v) is 5.60. The van der Waals surface area contributed by atoms with Crippen molar-refractivity contribution in [3.05, 3.63) is 34.7 Å². The topological polar surface area (TPSA) is 0 Å². The van der Waals surface area contributed by atoms with Crippen LogP contribution in [-0.4, -0.2) is 0 Å². The average molecular weight is 190 g/mol. The van der Waals surface area contributed by atoms with E-state index in [0.29, 0.717) is 0 Å². The Balaban J connectivity index is 2.49. The summed E-state index contributed by atoms with van der Waals surface area (Å²) in [6, 6.07) is 9.01. The van der Waals surface area contributed by atoms with Gasteiger partial charge in [-0.1, -0.05) is 25.5 Å². The molecule has 0 atom stereocenters. The molecule has 1 aromatic heterocycles. The van der Waals surface area contributed by atoms with E-state index in [1.807, 2.05) is 11.3 Å². The van der Waals surface area contributed by atoms with Crippen LogP contribution < -0.4 is 0 Å². The summed E-state index contributed by atoms with van der Waals surface area (Å²) in [4.78, 5) is 1.52. The van der Waals surface area contributed by atoms with Gasteiger partial charge in [0.15, 0.2) is 0 Å². The molecule has 1 aromatic carbocycles. The van der Waals surface area contributed by atoms with Crippen molar-refractivity contribution < 1.29 is 0 Å². The van der Waals surface area contributed by atoms with E-state index >= 15 is 0 Å². The maximum Gasteiger partial charge on any atom is 0.0348 e. The summed E-state index contributed by atoms with van der Waals surface area (Å²) in [7, 11) is 0. The minimum absolute atomic E-state index is 1.22. The van der Waals surface area contributed by atoms with Crippen molar-refractivity contribution in [2.45, 2.75) is 26.7 Å². The Bertz CT molecular complexity index is 412. The number of hydrogen-bond acceptors (Lipinski definition) is 1. The van der Waals surface area contributed by atoms with Crippen molar-refractivity contribution in [1.29, 1.82) is 0 Å². The second kappa shape index (κ2) is 3.51. The number of aryl methyl sites for hydroxylation is 2. The van der Waals surface area contributed by atoms with Gasteiger partial charge in [0, 0.05) is 9.58 Å². The number of benzene rings is 1. The van der Waals surface area contributed by atoms with Gasteiger partial charge in [-0.3, -0.25) is 0 Å². The van der Waals surface area contributed by atoms with Gasteiger partial charge in [-0.2, -0.15) is 0 Å². The monoisotopic (exact) mass is 190 g/mol. The highest BCUT2D eigenvalue weighted by molar-refractivity contribution is 7.19. The van der Waals surface area contributed by atoms with Crippen LogP contribution in [0, 0.1) is 6.92 Å². The van der Waals surface area contributed by atoms with E-state index in [1.165, 1.54) is 33.4 Å². The predicted octanol–water partition coefficient (Wildman–Crippen LogP) is 4.16. The van der Waals surface area contributed by atoms with E-state index in [9.17, 15) is 0 Å². The lowest BCUT2D eigenvalue weighted by Crippen LogP contribution is -1.72. The first kappa shape index (κ1) is 8.76. The Morgan fingerprint density at radius 1 is 1.23 bits per heavy atom. The van der Waals surface area contributed by atoms with Crippen LogP contribution in [0.2, 0.25) is 0 Å². The third-order valence-corrected chi connectivity index (χ3v) is 3.38. The van der Waals surface area contributed by atoms with Gasteiger partial charge in [0.1, 0.15) is 0 Å². The van der Waals surface area contributed by atoms with E-state index in [4.69, 9.17) is 0 Å². The lowest BCUT2D eigenvalue weighted by Gasteiger charge is -1.90. The minimum Gasteiger partial charge on any atom is -0.140 e. The second-order valence-corrected chi connectivity index (χ2v) is 4.67. The van der Waals surface area contributed by atoms with Crippen molar-refractivity contribution in [2.75, 3.05) is 0 Å². The van der Waals surface area contributed by atoms with Crippen LogP contribution in [0.4, 0.5) is 0 Å². The third kappa shape index (κ3) is 1.75. The van der Waals surface area contributed by atoms with Gasteiger partial charge in [0.05, 0.1) is 0 Å². The molecule has 0 aliphatic carbocycles. The molecule has 0 saturated heterocycles. The summed E-state index contributed by atoms with van der Waals surface area (Å²) >= 11 is 1.94. The van der Waals surface area contributed by atoms with Gasteiger partial charge in [0.25, 0.3) is 0 Å². The number of thiophene rings is 1. The lowest BCUT2D eigenvalue weighted by atomic mass is 10.2. The van der Waals surface area contributed by atoms with Gasteiger partial charge in [0.2, 0.25) is 0 Å². The Morgan fingerprint density at radius 2 is 2.08 bits per heavy atom. The summed E-state index contributed by atoms with van der Waals surface area (Å²) in [6.07, 6.45) is 2.46. The van der Waals surface area contributed by atoms with E-state index in [-0.39, 0.29) is 0 Å². The first-order valence-electron chi connectivity index (χ1n) is 4.78. The van der Waals surface area contributed by atoms with Gasteiger partial charge in [-0.25, -0.2) is 0 Å². The Hall–Kier alpha value is -0.820. The van der Waals surface area contributed by atoms with E-state index < -0.39 is 0 Å². The molecule has 0 nitrogen and oxygen atoms in total. The quantitative estimate of drug-likeness (QED) is 0.667. The highest BCUT2D eigenvalue weighted by atomic mass is 32.1. The van der Waals surface area contributed by atoms with E-state index in [2.05, 4.69) is 38.1 Å². The fourth-order valence-corrected chi connectivity index (χ4v) is 2.83. The van der Waals surface area contributed by atoms with E-state index in [1.54, 1.807) is 0 Å². The molecule has 0 radical (unpaired) electrons. The van der Waals surface area contributed by atoms with Gasteiger partial charge in [-0.15, -0.1) is 11.3 Å². The molecule has 1 heteroatoms. The van der Waals surface area contributed by atoms with Crippen LogP contribution >= 0.6 is 11.3 Å². The molecule has 2 aromatic rings. The SMILES string of the molecule is CCCc1cc2ccc(C)cc2s1. The van der Waals surface area contributed by atoms with Crippen LogP contribution in [-0.2, 0) is 6.42 Å². The molecule has 2 rings (SSSR count). The predicted molar refractivity (Wildman–Crippen MR) is 60.6 cm³/mol. The molecule has 68 valence electrons. The van der Waals surface area contributed by atoms with Crippen molar-refractivity contribution in [2.24, 2.45) is 0 Å². The number of rotatable bonds is 2. The van der Waals surface area contributed by atoms with Crippen LogP contribution in [0.3, 0.4) is 0 Å². The molecular formula is C12H14S. The van der Waals surface area contributed by atoms with Crippen LogP contribution in [0.5, 0.6) is 0 Å². The summed E-state index contributed by atoms with van der Waals surface area (Å²) in [5.74, 6) is 0. The zero-order chi connectivity index (χ0) is 9.26. The van der Waals surface area contributed by atoms with Crippen molar-refractivity contribution in [3.63, 3.8) is 0 Å². The van der Waals surface area contributed by atoms with E-state index in [0.717, 1.165) is 0 Å². The highest BCUT2D eigenvalue weighted by Gasteiger charge is 2.00. The molecule has 0 amide bonds. The fraction of sp³-hybridized carbons (Fsp3) is 0.333. The lowest BCUT2D eigenvalue weighted by molar-refractivity contribution is 0.941. The maximum absolute atomic E-state index is 2.32. The molecule has 0 fully saturated rings. The zero-order valence-corrected chi connectivity index (χ0v) is 8.95. The van der Waals surface area contributed by atoms with Gasteiger partial charge in [-0.05, 0) is 36.4 Å². The Labute approximate surface area is 83.2 Å². The summed E-state index contributed by atoms with van der Waals surface area (Å²) in [5.41, 5.74) is 1.36. The standard InChI is InChI=1S/C12H14S/c1-3-4-11-8-10-6-5-9(2)7-12(10)13-11/h5-8H,3-4H2,1-2H3. The van der Waals surface area contributed by atoms with Crippen LogP contribution in [0.15, 0.2) is 24.3 Å². The summed E-state index contributed by atoms with van der Waals surface area (Å²) < 4.78 is 1.43. The molecule has 1 heterocycles. The number of hydrogen-bond donors (Lipinski definition) is 0. The summed E-state index contributed by atoms with van der Waals surface area (Å²) in [5, 5.41) is 1.40. The Kier molecular flexibility index (Phi) is 2.36. The molecular weight excluding hydrogens is 176 g/mol. The third-order valence-electron chi connectivity index (χ3n) is 2.22. The van der Waals surface area contributed by atoms with Crippen molar-refractivity contribution in [1.82, 2.24) is 0 Å². The molecule has 13 heavy (non-hydrogen) atoms. The largest absolute Gasteiger partial charge is 0.140 e. The fourth-order valence-electron chi connectivity index (χ4n) is 1.56. The van der Waals surface area contributed by atoms with Crippen LogP contribution in [0.25, 0.3) is 10.1 Å².